The van der Waals surface area contributed by atoms with Crippen molar-refractivity contribution in [2.24, 2.45) is 7.05 Å². The van der Waals surface area contributed by atoms with E-state index in [0.29, 0.717) is 12.4 Å². The molecule has 0 aromatic carbocycles. The number of carbonyl (C=O) groups excluding carboxylic acids is 1. The van der Waals surface area contributed by atoms with Gasteiger partial charge in [-0.3, -0.25) is 4.98 Å². The van der Waals surface area contributed by atoms with Crippen molar-refractivity contribution in [2.75, 3.05) is 6.54 Å². The van der Waals surface area contributed by atoms with Gasteiger partial charge in [0.15, 0.2) is 5.82 Å². The lowest BCUT2D eigenvalue weighted by molar-refractivity contribution is 0.237. The molecule has 0 fully saturated rings. The first kappa shape index (κ1) is 14.0. The molecule has 1 atom stereocenters. The number of hydrogen-bond donors (Lipinski definition) is 2. The summed E-state index contributed by atoms with van der Waals surface area (Å²) in [4.78, 5) is 15.8. The highest BCUT2D eigenvalue weighted by Gasteiger charge is 2.13. The van der Waals surface area contributed by atoms with Crippen molar-refractivity contribution in [3.8, 4) is 0 Å². The largest absolute Gasteiger partial charge is 0.338 e. The molecule has 0 spiro atoms. The molecule has 0 aliphatic rings. The summed E-state index contributed by atoms with van der Waals surface area (Å²) in [7, 11) is 1.84. The standard InChI is InChI=1S/C13H18N6O/c1-10(12-18-16-9-19(12)2)17-13(20)15-7-5-11-4-3-6-14-8-11/h3-4,6,8-10H,5,7H2,1-2H3,(H2,15,17,20)/t10-/m1/s1. The minimum atomic E-state index is -0.218. The van der Waals surface area contributed by atoms with Gasteiger partial charge in [0.05, 0.1) is 6.04 Å². The highest BCUT2D eigenvalue weighted by molar-refractivity contribution is 5.74. The van der Waals surface area contributed by atoms with Crippen molar-refractivity contribution in [3.63, 3.8) is 0 Å². The van der Waals surface area contributed by atoms with E-state index in [-0.39, 0.29) is 12.1 Å². The van der Waals surface area contributed by atoms with Gasteiger partial charge in [0.2, 0.25) is 0 Å². The number of hydrogen-bond acceptors (Lipinski definition) is 4. The number of pyridine rings is 1. The first-order valence-electron chi connectivity index (χ1n) is 6.44. The monoisotopic (exact) mass is 274 g/mol. The lowest BCUT2D eigenvalue weighted by Gasteiger charge is -2.13. The molecule has 0 saturated carbocycles. The van der Waals surface area contributed by atoms with E-state index in [2.05, 4.69) is 25.8 Å². The Kier molecular flexibility index (Phi) is 4.65. The van der Waals surface area contributed by atoms with Crippen LogP contribution in [0, 0.1) is 0 Å². The van der Waals surface area contributed by atoms with E-state index >= 15 is 0 Å². The molecule has 0 radical (unpaired) electrons. The second kappa shape index (κ2) is 6.65. The SMILES string of the molecule is C[C@@H](NC(=O)NCCc1cccnc1)c1nncn1C. The number of amides is 2. The van der Waals surface area contributed by atoms with Gasteiger partial charge in [0.25, 0.3) is 0 Å². The van der Waals surface area contributed by atoms with Gasteiger partial charge in [-0.15, -0.1) is 10.2 Å². The number of aryl methyl sites for hydroxylation is 1. The number of nitrogens with one attached hydrogen (secondary N) is 2. The Bertz CT molecular complexity index is 553. The summed E-state index contributed by atoms with van der Waals surface area (Å²) in [6, 6.07) is 3.45. The van der Waals surface area contributed by atoms with E-state index in [4.69, 9.17) is 0 Å². The van der Waals surface area contributed by atoms with Gasteiger partial charge in [0, 0.05) is 26.0 Å². The molecule has 2 heterocycles. The molecule has 2 rings (SSSR count). The predicted octanol–water partition coefficient (Wildman–Crippen LogP) is 0.813. The zero-order valence-corrected chi connectivity index (χ0v) is 11.6. The molecule has 7 nitrogen and oxygen atoms in total. The predicted molar refractivity (Wildman–Crippen MR) is 73.9 cm³/mol. The third kappa shape index (κ3) is 3.78. The maximum Gasteiger partial charge on any atom is 0.315 e. The Morgan fingerprint density at radius 3 is 3.00 bits per heavy atom. The van der Waals surface area contributed by atoms with Crippen LogP contribution in [0.5, 0.6) is 0 Å². The molecule has 0 aliphatic carbocycles. The smallest absolute Gasteiger partial charge is 0.315 e. The third-order valence-corrected chi connectivity index (χ3v) is 2.90. The van der Waals surface area contributed by atoms with Crippen molar-refractivity contribution in [3.05, 3.63) is 42.2 Å². The minimum Gasteiger partial charge on any atom is -0.338 e. The zero-order valence-electron chi connectivity index (χ0n) is 11.6. The van der Waals surface area contributed by atoms with Gasteiger partial charge in [0.1, 0.15) is 6.33 Å². The zero-order chi connectivity index (χ0) is 14.4. The minimum absolute atomic E-state index is 0.194. The van der Waals surface area contributed by atoms with Crippen LogP contribution in [0.15, 0.2) is 30.9 Å². The molecule has 20 heavy (non-hydrogen) atoms. The van der Waals surface area contributed by atoms with Crippen molar-refractivity contribution in [1.82, 2.24) is 30.4 Å². The summed E-state index contributed by atoms with van der Waals surface area (Å²) in [5.74, 6) is 0.715. The molecule has 7 heteroatoms. The summed E-state index contributed by atoms with van der Waals surface area (Å²) in [5, 5.41) is 13.4. The van der Waals surface area contributed by atoms with E-state index in [9.17, 15) is 4.79 Å². The van der Waals surface area contributed by atoms with Crippen LogP contribution in [0.3, 0.4) is 0 Å². The number of urea groups is 1. The summed E-state index contributed by atoms with van der Waals surface area (Å²) in [6.07, 6.45) is 5.88. The number of aromatic nitrogens is 4. The molecule has 0 bridgehead atoms. The molecule has 2 N–H and O–H groups in total. The second-order valence-corrected chi connectivity index (χ2v) is 4.53. The van der Waals surface area contributed by atoms with Crippen LogP contribution in [0.4, 0.5) is 4.79 Å². The van der Waals surface area contributed by atoms with Gasteiger partial charge in [-0.05, 0) is 25.0 Å². The molecule has 2 aromatic heterocycles. The third-order valence-electron chi connectivity index (χ3n) is 2.90. The molecule has 0 aliphatic heterocycles. The number of nitrogens with zero attached hydrogens (tertiary/aromatic N) is 4. The first-order chi connectivity index (χ1) is 9.66. The normalized spacial score (nSPS) is 11.9. The Balaban J connectivity index is 1.74. The van der Waals surface area contributed by atoms with Crippen LogP contribution in [0.2, 0.25) is 0 Å². The van der Waals surface area contributed by atoms with Crippen molar-refractivity contribution in [2.45, 2.75) is 19.4 Å². The Labute approximate surface area is 117 Å². The molecular weight excluding hydrogens is 256 g/mol. The van der Waals surface area contributed by atoms with E-state index in [1.165, 1.54) is 0 Å². The molecular formula is C13H18N6O. The Hall–Kier alpha value is -2.44. The first-order valence-corrected chi connectivity index (χ1v) is 6.44. The van der Waals surface area contributed by atoms with Crippen LogP contribution in [-0.2, 0) is 13.5 Å². The highest BCUT2D eigenvalue weighted by Crippen LogP contribution is 2.06. The topological polar surface area (TPSA) is 84.7 Å². The maximum atomic E-state index is 11.8. The molecule has 0 saturated heterocycles. The van der Waals surface area contributed by atoms with Crippen LogP contribution in [-0.4, -0.2) is 32.3 Å². The van der Waals surface area contributed by atoms with Gasteiger partial charge in [-0.25, -0.2) is 4.79 Å². The van der Waals surface area contributed by atoms with E-state index in [1.807, 2.05) is 26.1 Å². The summed E-state index contributed by atoms with van der Waals surface area (Å²) >= 11 is 0. The average Bonchev–Trinajstić information content (AvgIpc) is 2.86. The molecule has 0 unspecified atom stereocenters. The lowest BCUT2D eigenvalue weighted by Crippen LogP contribution is -2.38. The average molecular weight is 274 g/mol. The van der Waals surface area contributed by atoms with Gasteiger partial charge >= 0.3 is 6.03 Å². The Morgan fingerprint density at radius 2 is 2.35 bits per heavy atom. The second-order valence-electron chi connectivity index (χ2n) is 4.53. The molecule has 106 valence electrons. The Morgan fingerprint density at radius 1 is 1.50 bits per heavy atom. The van der Waals surface area contributed by atoms with Crippen molar-refractivity contribution >= 4 is 6.03 Å². The quantitative estimate of drug-likeness (QED) is 0.845. The molecule has 2 aromatic rings. The van der Waals surface area contributed by atoms with Crippen molar-refractivity contribution < 1.29 is 4.79 Å². The van der Waals surface area contributed by atoms with Crippen molar-refractivity contribution in [1.29, 1.82) is 0 Å². The lowest BCUT2D eigenvalue weighted by atomic mass is 10.2. The van der Waals surface area contributed by atoms with E-state index in [0.717, 1.165) is 12.0 Å². The fourth-order valence-corrected chi connectivity index (χ4v) is 1.86. The van der Waals surface area contributed by atoms with Crippen LogP contribution >= 0.6 is 0 Å². The van der Waals surface area contributed by atoms with Crippen LogP contribution in [0.1, 0.15) is 24.4 Å². The van der Waals surface area contributed by atoms with E-state index < -0.39 is 0 Å². The summed E-state index contributed by atoms with van der Waals surface area (Å²) < 4.78 is 1.78. The van der Waals surface area contributed by atoms with Gasteiger partial charge < -0.3 is 15.2 Å². The van der Waals surface area contributed by atoms with Gasteiger partial charge in [-0.1, -0.05) is 6.07 Å². The highest BCUT2D eigenvalue weighted by atomic mass is 16.2. The number of carbonyl (C=O) groups is 1. The van der Waals surface area contributed by atoms with E-state index in [1.54, 1.807) is 23.3 Å². The summed E-state index contributed by atoms with van der Waals surface area (Å²) in [5.41, 5.74) is 1.09. The van der Waals surface area contributed by atoms with Crippen LogP contribution < -0.4 is 10.6 Å². The van der Waals surface area contributed by atoms with Crippen LogP contribution in [0.25, 0.3) is 0 Å². The number of rotatable bonds is 5. The summed E-state index contributed by atoms with van der Waals surface area (Å²) in [6.45, 7) is 2.42. The maximum absolute atomic E-state index is 11.8. The fraction of sp³-hybridized carbons (Fsp3) is 0.385. The fourth-order valence-electron chi connectivity index (χ4n) is 1.86. The van der Waals surface area contributed by atoms with Gasteiger partial charge in [-0.2, -0.15) is 0 Å². The molecule has 2 amide bonds.